The van der Waals surface area contributed by atoms with Crippen molar-refractivity contribution in [3.8, 4) is 11.5 Å². The number of nitrogens with zero attached hydrogens (tertiary/aromatic N) is 1. The molecule has 0 fully saturated rings. The molecule has 0 saturated heterocycles. The molecule has 29 heavy (non-hydrogen) atoms. The maximum atomic E-state index is 12.4. The average Bonchev–Trinajstić information content (AvgIpc) is 2.98. The number of ether oxygens (including phenoxy) is 2. The van der Waals surface area contributed by atoms with Gasteiger partial charge in [0.15, 0.2) is 0 Å². The van der Waals surface area contributed by atoms with E-state index in [1.807, 2.05) is 0 Å². The van der Waals surface area contributed by atoms with E-state index in [0.29, 0.717) is 32.0 Å². The fourth-order valence-electron chi connectivity index (χ4n) is 2.62. The van der Waals surface area contributed by atoms with Crippen LogP contribution in [0.4, 0.5) is 5.69 Å². The van der Waals surface area contributed by atoms with Crippen LogP contribution in [0.5, 0.6) is 11.5 Å². The van der Waals surface area contributed by atoms with Gasteiger partial charge in [-0.3, -0.25) is 0 Å². The maximum Gasteiger partial charge on any atom is 0.344 e. The van der Waals surface area contributed by atoms with Gasteiger partial charge < -0.3 is 19.7 Å². The van der Waals surface area contributed by atoms with Crippen LogP contribution < -0.4 is 4.74 Å². The van der Waals surface area contributed by atoms with Gasteiger partial charge in [0.1, 0.15) is 27.9 Å². The number of aromatic hydroxyl groups is 1. The number of hydrogen-bond donors (Lipinski definition) is 2. The lowest BCUT2D eigenvalue weighted by Crippen LogP contribution is -2.12. The molecule has 0 bridgehead atoms. The molecule has 0 unspecified atom stereocenters. The van der Waals surface area contributed by atoms with Crippen molar-refractivity contribution >= 4 is 46.1 Å². The fraction of sp³-hybridized carbons (Fsp3) is 0.143. The van der Waals surface area contributed by atoms with E-state index in [4.69, 9.17) is 21.1 Å². The quantitative estimate of drug-likeness (QED) is 0.629. The van der Waals surface area contributed by atoms with Gasteiger partial charge in [-0.2, -0.15) is 0 Å². The molecule has 0 radical (unpaired) electrons. The molecule has 2 N–H and O–H groups in total. The van der Waals surface area contributed by atoms with Crippen molar-refractivity contribution in [2.45, 2.75) is 6.92 Å². The second-order valence-electron chi connectivity index (χ2n) is 5.88. The van der Waals surface area contributed by atoms with Crippen molar-refractivity contribution in [3.63, 3.8) is 0 Å². The molecule has 0 saturated carbocycles. The van der Waals surface area contributed by atoms with E-state index in [2.05, 4.69) is 4.99 Å². The highest BCUT2D eigenvalue weighted by Gasteiger charge is 2.33. The Kier molecular flexibility index (Phi) is 6.51. The first-order valence-corrected chi connectivity index (χ1v) is 9.84. The van der Waals surface area contributed by atoms with Crippen LogP contribution in [-0.4, -0.2) is 34.9 Å². The van der Waals surface area contributed by atoms with Crippen LogP contribution in [0.15, 0.2) is 63.7 Å². The number of aliphatic hydroxyl groups is 1. The van der Waals surface area contributed by atoms with Gasteiger partial charge in [0, 0.05) is 16.7 Å². The normalized spacial score (nSPS) is 16.5. The Morgan fingerprint density at radius 3 is 2.72 bits per heavy atom. The Balaban J connectivity index is 2.08. The number of hydrogen-bond acceptors (Lipinski definition) is 7. The number of methoxy groups -OCH3 is 1. The minimum absolute atomic E-state index is 0.0131. The molecule has 1 aliphatic rings. The first kappa shape index (κ1) is 20.8. The summed E-state index contributed by atoms with van der Waals surface area (Å²) in [5, 5.41) is 21.2. The second-order valence-corrected chi connectivity index (χ2v) is 7.34. The summed E-state index contributed by atoms with van der Waals surface area (Å²) in [7, 11) is 1.48. The number of rotatable bonds is 5. The number of phenolic OH excluding ortho intramolecular Hbond substituents is 1. The van der Waals surface area contributed by atoms with Crippen molar-refractivity contribution in [3.05, 3.63) is 69.3 Å². The van der Waals surface area contributed by atoms with E-state index in [1.54, 1.807) is 43.3 Å². The van der Waals surface area contributed by atoms with Gasteiger partial charge in [0.05, 0.1) is 24.3 Å². The van der Waals surface area contributed by atoms with E-state index in [9.17, 15) is 15.0 Å². The largest absolute Gasteiger partial charge is 0.508 e. The number of halogens is 1. The molecule has 0 aliphatic carbocycles. The van der Waals surface area contributed by atoms with E-state index in [1.165, 1.54) is 19.2 Å². The number of carbonyl (C=O) groups is 1. The highest BCUT2D eigenvalue weighted by atomic mass is 35.5. The molecule has 150 valence electrons. The summed E-state index contributed by atoms with van der Waals surface area (Å²) in [6.07, 6.45) is 1.65. The number of benzene rings is 2. The summed E-state index contributed by atoms with van der Waals surface area (Å²) >= 11 is 7.14. The first-order valence-electron chi connectivity index (χ1n) is 8.64. The Morgan fingerprint density at radius 2 is 2.03 bits per heavy atom. The van der Waals surface area contributed by atoms with Gasteiger partial charge >= 0.3 is 5.97 Å². The zero-order valence-corrected chi connectivity index (χ0v) is 17.3. The summed E-state index contributed by atoms with van der Waals surface area (Å²) in [5.41, 5.74) is 1.14. The number of aliphatic hydroxyl groups excluding tert-OH is 1. The number of phenols is 1. The Labute approximate surface area is 177 Å². The monoisotopic (exact) mass is 431 g/mol. The van der Waals surface area contributed by atoms with E-state index >= 15 is 0 Å². The molecule has 3 rings (SSSR count). The van der Waals surface area contributed by atoms with Gasteiger partial charge in [-0.15, -0.1) is 0 Å². The summed E-state index contributed by atoms with van der Waals surface area (Å²) in [6, 6.07) is 11.5. The van der Waals surface area contributed by atoms with Crippen LogP contribution in [0.3, 0.4) is 0 Å². The fourth-order valence-corrected chi connectivity index (χ4v) is 3.83. The molecule has 2 aromatic rings. The predicted octanol–water partition coefficient (Wildman–Crippen LogP) is 5.25. The molecule has 1 heterocycles. The van der Waals surface area contributed by atoms with Crippen LogP contribution in [0.2, 0.25) is 5.02 Å². The predicted molar refractivity (Wildman–Crippen MR) is 115 cm³/mol. The van der Waals surface area contributed by atoms with Crippen molar-refractivity contribution in [1.82, 2.24) is 0 Å². The van der Waals surface area contributed by atoms with Crippen LogP contribution in [-0.2, 0) is 9.53 Å². The first-order chi connectivity index (χ1) is 13.9. The number of esters is 1. The van der Waals surface area contributed by atoms with Gasteiger partial charge in [0.2, 0.25) is 0 Å². The van der Waals surface area contributed by atoms with Gasteiger partial charge in [-0.05, 0) is 43.3 Å². The average molecular weight is 432 g/mol. The Hall–Kier alpha value is -2.90. The molecule has 2 aromatic carbocycles. The van der Waals surface area contributed by atoms with Crippen LogP contribution in [0.1, 0.15) is 12.5 Å². The van der Waals surface area contributed by atoms with Crippen LogP contribution in [0, 0.1) is 0 Å². The molecule has 6 nitrogen and oxygen atoms in total. The van der Waals surface area contributed by atoms with Gasteiger partial charge in [-0.1, -0.05) is 29.4 Å². The summed E-state index contributed by atoms with van der Waals surface area (Å²) in [5.74, 6) is -0.425. The third kappa shape index (κ3) is 4.75. The van der Waals surface area contributed by atoms with Gasteiger partial charge in [0.25, 0.3) is 0 Å². The molecule has 0 amide bonds. The molecular formula is C21H18ClNO5S. The van der Waals surface area contributed by atoms with Crippen molar-refractivity contribution in [2.24, 2.45) is 4.99 Å². The number of carbonyl (C=O) groups excluding carboxylic acids is 1. The van der Waals surface area contributed by atoms with Crippen molar-refractivity contribution < 1.29 is 24.5 Å². The lowest BCUT2D eigenvalue weighted by atomic mass is 10.1. The summed E-state index contributed by atoms with van der Waals surface area (Å²) in [4.78, 5) is 17.3. The van der Waals surface area contributed by atoms with E-state index in [0.717, 1.165) is 11.8 Å². The number of aliphatic imine (C=N–C) groups is 1. The summed E-state index contributed by atoms with van der Waals surface area (Å²) in [6.45, 7) is 1.85. The molecular weight excluding hydrogens is 414 g/mol. The molecule has 0 aromatic heterocycles. The maximum absolute atomic E-state index is 12.4. The standard InChI is InChI=1S/C21H18ClNO5S/c1-3-28-21(26)18-19(25)17(9-12-7-8-15(24)11-16(12)27-2)29-20(18)23-14-6-4-5-13(22)10-14/h4-11,24-25H,3H2,1-2H3/b17-9+,23-20?. The van der Waals surface area contributed by atoms with E-state index < -0.39 is 5.97 Å². The zero-order chi connectivity index (χ0) is 21.0. The highest BCUT2D eigenvalue weighted by Crippen LogP contribution is 2.41. The Bertz CT molecular complexity index is 1050. The third-order valence-corrected chi connectivity index (χ3v) is 5.17. The minimum atomic E-state index is -0.667. The summed E-state index contributed by atoms with van der Waals surface area (Å²) < 4.78 is 10.4. The zero-order valence-electron chi connectivity index (χ0n) is 15.7. The number of thioether (sulfide) groups is 1. The molecule has 1 aliphatic heterocycles. The molecule has 0 atom stereocenters. The van der Waals surface area contributed by atoms with Crippen LogP contribution >= 0.6 is 23.4 Å². The highest BCUT2D eigenvalue weighted by molar-refractivity contribution is 8.18. The molecule has 8 heteroatoms. The smallest absolute Gasteiger partial charge is 0.344 e. The SMILES string of the molecule is CCOC(=O)C1=C(O)/C(=C\c2ccc(O)cc2OC)SC1=Nc1cccc(Cl)c1. The van der Waals surface area contributed by atoms with Crippen LogP contribution in [0.25, 0.3) is 6.08 Å². The van der Waals surface area contributed by atoms with Gasteiger partial charge in [-0.25, -0.2) is 9.79 Å². The second kappa shape index (κ2) is 9.07. The molecule has 0 spiro atoms. The lowest BCUT2D eigenvalue weighted by Gasteiger charge is -2.06. The van der Waals surface area contributed by atoms with E-state index in [-0.39, 0.29) is 23.7 Å². The topological polar surface area (TPSA) is 88.4 Å². The minimum Gasteiger partial charge on any atom is -0.508 e. The lowest BCUT2D eigenvalue weighted by molar-refractivity contribution is -0.138. The third-order valence-electron chi connectivity index (χ3n) is 3.91. The Morgan fingerprint density at radius 1 is 1.24 bits per heavy atom. The van der Waals surface area contributed by atoms with Crippen molar-refractivity contribution in [1.29, 1.82) is 0 Å². The van der Waals surface area contributed by atoms with Crippen molar-refractivity contribution in [2.75, 3.05) is 13.7 Å².